The fraction of sp³-hybridized carbons (Fsp3) is 0.167. The van der Waals surface area contributed by atoms with Gasteiger partial charge in [0.2, 0.25) is 0 Å². The molecule has 4 rings (SSSR count). The first-order valence-corrected chi connectivity index (χ1v) is 11.0. The molecule has 0 radical (unpaired) electrons. The van der Waals surface area contributed by atoms with E-state index in [1.807, 2.05) is 12.1 Å². The van der Waals surface area contributed by atoms with Crippen molar-refractivity contribution in [2.75, 3.05) is 0 Å². The summed E-state index contributed by atoms with van der Waals surface area (Å²) in [6.07, 6.45) is 2.61. The molecule has 4 aromatic carbocycles. The Kier molecular flexibility index (Phi) is 6.78. The zero-order valence-corrected chi connectivity index (χ0v) is 18.3. The van der Waals surface area contributed by atoms with Crippen LogP contribution >= 0.6 is 0 Å². The molecule has 0 aromatic heterocycles. The van der Waals surface area contributed by atoms with Crippen molar-refractivity contribution >= 4 is 0 Å². The number of nitriles is 1. The van der Waals surface area contributed by atoms with Crippen LogP contribution in [0.3, 0.4) is 0 Å². The standard InChI is InChI=1S/C30H26FN/c1-22(26-5-3-2-4-6-26)19-24-11-16-28(17-12-24)27-14-9-23(10-15-27)7-8-25-13-18-29(21-32)30(31)20-25/h2-6,9-18,20,22H,7-8,19H2,1H3/t22-/m1/s1. The molecule has 0 unspecified atom stereocenters. The van der Waals surface area contributed by atoms with E-state index in [0.717, 1.165) is 24.8 Å². The summed E-state index contributed by atoms with van der Waals surface area (Å²) < 4.78 is 13.8. The van der Waals surface area contributed by atoms with Crippen LogP contribution in [0.5, 0.6) is 0 Å². The van der Waals surface area contributed by atoms with E-state index < -0.39 is 5.82 Å². The fourth-order valence-corrected chi connectivity index (χ4v) is 4.04. The molecule has 0 fully saturated rings. The van der Waals surface area contributed by atoms with Gasteiger partial charge in [0.05, 0.1) is 5.56 Å². The Labute approximate surface area is 189 Å². The third kappa shape index (κ3) is 5.31. The van der Waals surface area contributed by atoms with Crippen LogP contribution in [0.4, 0.5) is 4.39 Å². The van der Waals surface area contributed by atoms with Gasteiger partial charge >= 0.3 is 0 Å². The second-order valence-electron chi connectivity index (χ2n) is 8.34. The van der Waals surface area contributed by atoms with Gasteiger partial charge in [-0.15, -0.1) is 0 Å². The Morgan fingerprint density at radius 2 is 1.28 bits per heavy atom. The highest BCUT2D eigenvalue weighted by Crippen LogP contribution is 2.24. The van der Waals surface area contributed by atoms with E-state index in [1.54, 1.807) is 6.07 Å². The van der Waals surface area contributed by atoms with E-state index in [0.29, 0.717) is 5.92 Å². The molecule has 4 aromatic rings. The maximum absolute atomic E-state index is 13.8. The Hall–Kier alpha value is -3.70. The second-order valence-corrected chi connectivity index (χ2v) is 8.34. The van der Waals surface area contributed by atoms with E-state index in [4.69, 9.17) is 5.26 Å². The zero-order chi connectivity index (χ0) is 22.3. The van der Waals surface area contributed by atoms with Crippen molar-refractivity contribution in [3.63, 3.8) is 0 Å². The molecule has 0 saturated heterocycles. The zero-order valence-electron chi connectivity index (χ0n) is 18.3. The van der Waals surface area contributed by atoms with Gasteiger partial charge in [-0.1, -0.05) is 91.9 Å². The minimum atomic E-state index is -0.443. The monoisotopic (exact) mass is 419 g/mol. The Morgan fingerprint density at radius 1 is 0.719 bits per heavy atom. The molecule has 1 atom stereocenters. The quantitative estimate of drug-likeness (QED) is 0.304. The molecule has 0 heterocycles. The molecule has 32 heavy (non-hydrogen) atoms. The molecule has 0 spiro atoms. The van der Waals surface area contributed by atoms with Gasteiger partial charge in [0, 0.05) is 0 Å². The summed E-state index contributed by atoms with van der Waals surface area (Å²) in [6, 6.07) is 34.8. The van der Waals surface area contributed by atoms with Crippen LogP contribution in [0.2, 0.25) is 0 Å². The summed E-state index contributed by atoms with van der Waals surface area (Å²) >= 11 is 0. The van der Waals surface area contributed by atoms with E-state index >= 15 is 0 Å². The lowest BCUT2D eigenvalue weighted by Crippen LogP contribution is -1.98. The SMILES string of the molecule is C[C@H](Cc1ccc(-c2ccc(CCc3ccc(C#N)c(F)c3)cc2)cc1)c1ccccc1. The average molecular weight is 420 g/mol. The summed E-state index contributed by atoms with van der Waals surface area (Å²) in [5, 5.41) is 8.85. The maximum Gasteiger partial charge on any atom is 0.141 e. The first-order valence-electron chi connectivity index (χ1n) is 11.0. The Balaban J connectivity index is 1.36. The van der Waals surface area contributed by atoms with Gasteiger partial charge in [0.15, 0.2) is 0 Å². The van der Waals surface area contributed by atoms with Crippen molar-refractivity contribution in [3.05, 3.63) is 131 Å². The van der Waals surface area contributed by atoms with Gasteiger partial charge in [-0.3, -0.25) is 0 Å². The lowest BCUT2D eigenvalue weighted by Gasteiger charge is -2.12. The summed E-state index contributed by atoms with van der Waals surface area (Å²) in [5.41, 5.74) is 7.34. The van der Waals surface area contributed by atoms with Gasteiger partial charge in [0.1, 0.15) is 11.9 Å². The van der Waals surface area contributed by atoms with Crippen molar-refractivity contribution in [1.82, 2.24) is 0 Å². The molecular formula is C30H26FN. The fourth-order valence-electron chi connectivity index (χ4n) is 4.04. The highest BCUT2D eigenvalue weighted by atomic mass is 19.1. The van der Waals surface area contributed by atoms with E-state index in [-0.39, 0.29) is 5.56 Å². The minimum Gasteiger partial charge on any atom is -0.206 e. The predicted molar refractivity (Wildman–Crippen MR) is 129 cm³/mol. The lowest BCUT2D eigenvalue weighted by molar-refractivity contribution is 0.621. The predicted octanol–water partition coefficient (Wildman–Crippen LogP) is 7.50. The molecule has 0 N–H and O–H groups in total. The Bertz CT molecular complexity index is 1200. The van der Waals surface area contributed by atoms with E-state index in [9.17, 15) is 4.39 Å². The van der Waals surface area contributed by atoms with Gasteiger partial charge < -0.3 is 0 Å². The van der Waals surface area contributed by atoms with Crippen LogP contribution < -0.4 is 0 Å². The molecule has 0 aliphatic heterocycles. The Morgan fingerprint density at radius 3 is 1.88 bits per heavy atom. The van der Waals surface area contributed by atoms with Crippen LogP contribution in [-0.2, 0) is 19.3 Å². The number of rotatable bonds is 7. The summed E-state index contributed by atoms with van der Waals surface area (Å²) in [4.78, 5) is 0. The first kappa shape index (κ1) is 21.5. The lowest BCUT2D eigenvalue weighted by atomic mass is 9.92. The molecule has 0 amide bonds. The van der Waals surface area contributed by atoms with Crippen molar-refractivity contribution in [1.29, 1.82) is 5.26 Å². The van der Waals surface area contributed by atoms with Gasteiger partial charge in [-0.25, -0.2) is 4.39 Å². The smallest absolute Gasteiger partial charge is 0.141 e. The van der Waals surface area contributed by atoms with Gasteiger partial charge in [-0.05, 0) is 70.7 Å². The molecule has 0 aliphatic carbocycles. The van der Waals surface area contributed by atoms with E-state index in [2.05, 4.69) is 85.8 Å². The molecule has 0 bridgehead atoms. The number of halogens is 1. The topological polar surface area (TPSA) is 23.8 Å². The van der Waals surface area contributed by atoms with Crippen molar-refractivity contribution in [2.45, 2.75) is 32.1 Å². The number of nitrogens with zero attached hydrogens (tertiary/aromatic N) is 1. The van der Waals surface area contributed by atoms with Crippen LogP contribution in [0.1, 0.15) is 40.7 Å². The maximum atomic E-state index is 13.8. The van der Waals surface area contributed by atoms with Crippen molar-refractivity contribution < 1.29 is 4.39 Å². The molecule has 2 heteroatoms. The number of hydrogen-bond donors (Lipinski definition) is 0. The third-order valence-corrected chi connectivity index (χ3v) is 6.01. The van der Waals surface area contributed by atoms with Crippen LogP contribution in [0, 0.1) is 17.1 Å². The summed E-state index contributed by atoms with van der Waals surface area (Å²) in [5.74, 6) is 0.0490. The summed E-state index contributed by atoms with van der Waals surface area (Å²) in [6.45, 7) is 2.27. The number of benzene rings is 4. The van der Waals surface area contributed by atoms with Crippen molar-refractivity contribution in [2.24, 2.45) is 0 Å². The highest BCUT2D eigenvalue weighted by molar-refractivity contribution is 5.64. The average Bonchev–Trinajstić information content (AvgIpc) is 2.84. The van der Waals surface area contributed by atoms with Crippen LogP contribution in [0.25, 0.3) is 11.1 Å². The first-order chi connectivity index (χ1) is 15.6. The van der Waals surface area contributed by atoms with Gasteiger partial charge in [0.25, 0.3) is 0 Å². The molecule has 158 valence electrons. The van der Waals surface area contributed by atoms with E-state index in [1.165, 1.54) is 33.9 Å². The van der Waals surface area contributed by atoms with Crippen LogP contribution in [0.15, 0.2) is 97.1 Å². The molecule has 1 nitrogen and oxygen atoms in total. The van der Waals surface area contributed by atoms with Gasteiger partial charge in [-0.2, -0.15) is 5.26 Å². The van der Waals surface area contributed by atoms with Crippen LogP contribution in [-0.4, -0.2) is 0 Å². The second kappa shape index (κ2) is 10.1. The molecule has 0 aliphatic rings. The normalized spacial score (nSPS) is 11.7. The third-order valence-electron chi connectivity index (χ3n) is 6.01. The number of aryl methyl sites for hydroxylation is 2. The molecular weight excluding hydrogens is 393 g/mol. The largest absolute Gasteiger partial charge is 0.206 e. The van der Waals surface area contributed by atoms with Crippen molar-refractivity contribution in [3.8, 4) is 17.2 Å². The molecule has 0 saturated carbocycles. The highest BCUT2D eigenvalue weighted by Gasteiger charge is 2.07. The number of hydrogen-bond acceptors (Lipinski definition) is 1. The summed E-state index contributed by atoms with van der Waals surface area (Å²) in [7, 11) is 0. The minimum absolute atomic E-state index is 0.0960.